The molecule has 0 aliphatic carbocycles. The molecule has 4 nitrogen and oxygen atoms in total. The number of aryl methyl sites for hydroxylation is 1. The minimum absolute atomic E-state index is 0.120. The summed E-state index contributed by atoms with van der Waals surface area (Å²) >= 11 is 0. The average molecular weight is 258 g/mol. The fourth-order valence-corrected chi connectivity index (χ4v) is 2.02. The van der Waals surface area contributed by atoms with Crippen molar-refractivity contribution < 1.29 is 9.53 Å². The van der Waals surface area contributed by atoms with Gasteiger partial charge in [-0.15, -0.1) is 0 Å². The summed E-state index contributed by atoms with van der Waals surface area (Å²) in [4.78, 5) is 14.9. The van der Waals surface area contributed by atoms with Gasteiger partial charge < -0.3 is 15.0 Å². The van der Waals surface area contributed by atoms with Crippen molar-refractivity contribution in [3.63, 3.8) is 0 Å². The maximum Gasteiger partial charge on any atom is 0.268 e. The number of ether oxygens (including phenoxy) is 1. The first-order valence-corrected chi connectivity index (χ1v) is 6.20. The Morgan fingerprint density at radius 3 is 2.79 bits per heavy atom. The van der Waals surface area contributed by atoms with Crippen LogP contribution in [0.5, 0.6) is 5.75 Å². The van der Waals surface area contributed by atoms with Crippen LogP contribution in [0.1, 0.15) is 34.6 Å². The highest BCUT2D eigenvalue weighted by atomic mass is 16.5. The van der Waals surface area contributed by atoms with Gasteiger partial charge in [-0.05, 0) is 32.0 Å². The molecular weight excluding hydrogens is 240 g/mol. The highest BCUT2D eigenvalue weighted by molar-refractivity contribution is 5.92. The molecule has 1 amide bonds. The van der Waals surface area contributed by atoms with E-state index in [4.69, 9.17) is 4.74 Å². The summed E-state index contributed by atoms with van der Waals surface area (Å²) in [6, 6.07) is 9.36. The Hall–Kier alpha value is -2.23. The van der Waals surface area contributed by atoms with Crippen LogP contribution in [-0.2, 0) is 0 Å². The molecule has 100 valence electrons. The molecule has 0 bridgehead atoms. The van der Waals surface area contributed by atoms with Gasteiger partial charge in [0.15, 0.2) is 0 Å². The van der Waals surface area contributed by atoms with E-state index < -0.39 is 0 Å². The van der Waals surface area contributed by atoms with E-state index in [0.29, 0.717) is 5.69 Å². The number of nitrogens with one attached hydrogen (secondary N) is 2. The Bertz CT molecular complexity index is 562. The Labute approximate surface area is 112 Å². The number of hydrogen-bond donors (Lipinski definition) is 2. The number of aromatic amines is 1. The van der Waals surface area contributed by atoms with Gasteiger partial charge in [0.25, 0.3) is 5.91 Å². The van der Waals surface area contributed by atoms with Crippen LogP contribution in [0.2, 0.25) is 0 Å². The highest BCUT2D eigenvalue weighted by Crippen LogP contribution is 2.26. The third-order valence-electron chi connectivity index (χ3n) is 3.04. The van der Waals surface area contributed by atoms with E-state index in [1.807, 2.05) is 32.0 Å². The second-order valence-corrected chi connectivity index (χ2v) is 4.52. The molecule has 2 rings (SSSR count). The Balaban J connectivity index is 2.18. The monoisotopic (exact) mass is 258 g/mol. The van der Waals surface area contributed by atoms with Crippen LogP contribution < -0.4 is 10.1 Å². The first kappa shape index (κ1) is 13.2. The van der Waals surface area contributed by atoms with Crippen molar-refractivity contribution in [1.29, 1.82) is 0 Å². The lowest BCUT2D eigenvalue weighted by molar-refractivity contribution is 0.0935. The molecule has 0 radical (unpaired) electrons. The number of hydrogen-bond acceptors (Lipinski definition) is 2. The summed E-state index contributed by atoms with van der Waals surface area (Å²) in [5, 5.41) is 2.95. The lowest BCUT2D eigenvalue weighted by Gasteiger charge is -2.17. The molecule has 1 aromatic heterocycles. The summed E-state index contributed by atoms with van der Waals surface area (Å²) in [7, 11) is 1.63. The molecule has 0 saturated heterocycles. The van der Waals surface area contributed by atoms with E-state index in [0.717, 1.165) is 16.9 Å². The molecule has 1 aromatic carbocycles. The lowest BCUT2D eigenvalue weighted by Crippen LogP contribution is -2.27. The Kier molecular flexibility index (Phi) is 3.90. The highest BCUT2D eigenvalue weighted by Gasteiger charge is 2.15. The van der Waals surface area contributed by atoms with Gasteiger partial charge in [0.05, 0.1) is 13.2 Å². The van der Waals surface area contributed by atoms with Crippen LogP contribution in [0, 0.1) is 6.92 Å². The van der Waals surface area contributed by atoms with Gasteiger partial charge in [-0.25, -0.2) is 0 Å². The lowest BCUT2D eigenvalue weighted by atomic mass is 10.0. The molecule has 0 saturated carbocycles. The van der Waals surface area contributed by atoms with Crippen molar-refractivity contribution in [3.05, 3.63) is 53.3 Å². The van der Waals surface area contributed by atoms with Crippen LogP contribution in [0.15, 0.2) is 36.5 Å². The molecule has 0 spiro atoms. The van der Waals surface area contributed by atoms with Crippen LogP contribution in [0.3, 0.4) is 0 Å². The standard InChI is InChI=1S/C15H18N2O2/c1-10-6-7-14(19-3)12(9-10)11(2)17-15(18)13-5-4-8-16-13/h4-9,11,16H,1-3H3,(H,17,18)/t11-/m0/s1. The van der Waals surface area contributed by atoms with E-state index in [1.54, 1.807) is 25.4 Å². The van der Waals surface area contributed by atoms with E-state index in [9.17, 15) is 4.79 Å². The summed E-state index contributed by atoms with van der Waals surface area (Å²) in [6.07, 6.45) is 1.73. The van der Waals surface area contributed by atoms with Crippen LogP contribution in [-0.4, -0.2) is 18.0 Å². The maximum atomic E-state index is 12.0. The Morgan fingerprint density at radius 2 is 2.16 bits per heavy atom. The smallest absolute Gasteiger partial charge is 0.268 e. The first-order valence-electron chi connectivity index (χ1n) is 6.20. The van der Waals surface area contributed by atoms with E-state index >= 15 is 0 Å². The summed E-state index contributed by atoms with van der Waals surface area (Å²) in [6.45, 7) is 3.96. The first-order chi connectivity index (χ1) is 9.11. The van der Waals surface area contributed by atoms with Gasteiger partial charge >= 0.3 is 0 Å². The molecule has 2 aromatic rings. The number of H-pyrrole nitrogens is 1. The third kappa shape index (κ3) is 2.96. The predicted molar refractivity (Wildman–Crippen MR) is 74.4 cm³/mol. The van der Waals surface area contributed by atoms with Crippen LogP contribution in [0.25, 0.3) is 0 Å². The van der Waals surface area contributed by atoms with Gasteiger partial charge in [-0.3, -0.25) is 4.79 Å². The van der Waals surface area contributed by atoms with Crippen molar-refractivity contribution >= 4 is 5.91 Å². The number of aromatic nitrogens is 1. The molecule has 0 aliphatic rings. The number of rotatable bonds is 4. The van der Waals surface area contributed by atoms with E-state index in [2.05, 4.69) is 10.3 Å². The SMILES string of the molecule is COc1ccc(C)cc1[C@H](C)NC(=O)c1ccc[nH]1. The summed E-state index contributed by atoms with van der Waals surface area (Å²) < 4.78 is 5.33. The van der Waals surface area contributed by atoms with Crippen molar-refractivity contribution in [2.24, 2.45) is 0 Å². The van der Waals surface area contributed by atoms with Crippen LogP contribution in [0.4, 0.5) is 0 Å². The molecule has 1 atom stereocenters. The van der Waals surface area contributed by atoms with Crippen molar-refractivity contribution in [3.8, 4) is 5.75 Å². The van der Waals surface area contributed by atoms with Gasteiger partial charge in [0, 0.05) is 11.8 Å². The van der Waals surface area contributed by atoms with E-state index in [-0.39, 0.29) is 11.9 Å². The number of methoxy groups -OCH3 is 1. The zero-order valence-electron chi connectivity index (χ0n) is 11.4. The fourth-order valence-electron chi connectivity index (χ4n) is 2.02. The second-order valence-electron chi connectivity index (χ2n) is 4.52. The number of amides is 1. The molecule has 2 N–H and O–H groups in total. The number of carbonyl (C=O) groups excluding carboxylic acids is 1. The van der Waals surface area contributed by atoms with Gasteiger partial charge in [-0.1, -0.05) is 17.7 Å². The zero-order valence-corrected chi connectivity index (χ0v) is 11.4. The molecule has 0 unspecified atom stereocenters. The molecule has 0 aliphatic heterocycles. The van der Waals surface area contributed by atoms with Crippen LogP contribution >= 0.6 is 0 Å². The third-order valence-corrected chi connectivity index (χ3v) is 3.04. The van der Waals surface area contributed by atoms with Crippen molar-refractivity contribution in [1.82, 2.24) is 10.3 Å². The quantitative estimate of drug-likeness (QED) is 0.886. The zero-order chi connectivity index (χ0) is 13.8. The van der Waals surface area contributed by atoms with E-state index in [1.165, 1.54) is 0 Å². The van der Waals surface area contributed by atoms with Crippen molar-refractivity contribution in [2.45, 2.75) is 19.9 Å². The van der Waals surface area contributed by atoms with Gasteiger partial charge in [0.2, 0.25) is 0 Å². The molecule has 19 heavy (non-hydrogen) atoms. The summed E-state index contributed by atoms with van der Waals surface area (Å²) in [5.41, 5.74) is 2.66. The average Bonchev–Trinajstić information content (AvgIpc) is 2.92. The molecule has 1 heterocycles. The number of carbonyl (C=O) groups is 1. The minimum Gasteiger partial charge on any atom is -0.496 e. The number of benzene rings is 1. The minimum atomic E-state index is -0.124. The molecule has 0 fully saturated rings. The maximum absolute atomic E-state index is 12.0. The fraction of sp³-hybridized carbons (Fsp3) is 0.267. The summed E-state index contributed by atoms with van der Waals surface area (Å²) in [5.74, 6) is 0.658. The predicted octanol–water partition coefficient (Wildman–Crippen LogP) is 2.82. The molecular formula is C15H18N2O2. The second kappa shape index (κ2) is 5.61. The normalized spacial score (nSPS) is 11.9. The van der Waals surface area contributed by atoms with Crippen molar-refractivity contribution in [2.75, 3.05) is 7.11 Å². The topological polar surface area (TPSA) is 54.1 Å². The van der Waals surface area contributed by atoms with Gasteiger partial charge in [0.1, 0.15) is 11.4 Å². The Morgan fingerprint density at radius 1 is 1.37 bits per heavy atom. The van der Waals surface area contributed by atoms with Gasteiger partial charge in [-0.2, -0.15) is 0 Å². The largest absolute Gasteiger partial charge is 0.496 e. The molecule has 4 heteroatoms.